The Morgan fingerprint density at radius 1 is 1.44 bits per heavy atom. The first kappa shape index (κ1) is 13.3. The smallest absolute Gasteiger partial charge is 0.290 e. The maximum absolute atomic E-state index is 11.4. The fourth-order valence-corrected chi connectivity index (χ4v) is 2.57. The number of carbonyl (C=O) groups is 2. The normalized spacial score (nSPS) is 17.1. The molecule has 0 atom stereocenters. The number of aromatic hydroxyl groups is 1. The predicted octanol–water partition coefficient (Wildman–Crippen LogP) is 3.01. The van der Waals surface area contributed by atoms with E-state index in [4.69, 9.17) is 11.9 Å². The number of thioether (sulfide) groups is 1. The molecule has 1 aliphatic rings. The number of nitrogens with one attached hydrogen (secondary N) is 1. The summed E-state index contributed by atoms with van der Waals surface area (Å²) in [5.74, 6) is -0.668. The third kappa shape index (κ3) is 2.63. The van der Waals surface area contributed by atoms with Crippen LogP contribution in [-0.4, -0.2) is 16.3 Å². The van der Waals surface area contributed by atoms with Gasteiger partial charge in [0.25, 0.3) is 11.1 Å². The van der Waals surface area contributed by atoms with Crippen molar-refractivity contribution < 1.29 is 19.0 Å². The summed E-state index contributed by atoms with van der Waals surface area (Å²) in [6.45, 7) is 0. The maximum Gasteiger partial charge on any atom is 0.290 e. The number of amides is 2. The molecule has 8 heteroatoms. The number of phenols is 1. The summed E-state index contributed by atoms with van der Waals surface area (Å²) < 4.78 is 5.08. The largest absolute Gasteiger partial charge is 0.504 e. The Hall–Kier alpha value is -1.18. The van der Waals surface area contributed by atoms with Crippen molar-refractivity contribution in [3.63, 3.8) is 0 Å². The van der Waals surface area contributed by atoms with E-state index in [0.717, 1.165) is 11.8 Å². The van der Waals surface area contributed by atoms with Crippen LogP contribution >= 0.6 is 39.6 Å². The average molecular weight is 351 g/mol. The summed E-state index contributed by atoms with van der Waals surface area (Å²) in [4.78, 5) is 22.6. The molecule has 0 radical (unpaired) electrons. The van der Waals surface area contributed by atoms with Crippen molar-refractivity contribution in [3.05, 3.63) is 27.1 Å². The van der Waals surface area contributed by atoms with E-state index in [1.54, 1.807) is 6.07 Å². The van der Waals surface area contributed by atoms with Crippen LogP contribution in [0.25, 0.3) is 6.08 Å². The highest BCUT2D eigenvalue weighted by molar-refractivity contribution is 9.10. The Balaban J connectivity index is 2.46. The topological polar surface area (TPSA) is 75.6 Å². The molecule has 0 spiro atoms. The zero-order valence-corrected chi connectivity index (χ0v) is 11.7. The van der Waals surface area contributed by atoms with Crippen LogP contribution < -0.4 is 9.61 Å². The molecule has 0 saturated carbocycles. The number of rotatable bonds is 2. The molecule has 1 fully saturated rings. The van der Waals surface area contributed by atoms with Crippen molar-refractivity contribution >= 4 is 56.8 Å². The molecule has 1 aromatic carbocycles. The van der Waals surface area contributed by atoms with Crippen LogP contribution in [-0.2, 0) is 4.79 Å². The van der Waals surface area contributed by atoms with Gasteiger partial charge in [0.15, 0.2) is 11.5 Å². The summed E-state index contributed by atoms with van der Waals surface area (Å²) in [5, 5.41) is 11.5. The molecule has 5 nitrogen and oxygen atoms in total. The first-order chi connectivity index (χ1) is 8.51. The molecule has 1 saturated heterocycles. The minimum Gasteiger partial charge on any atom is -0.504 e. The Labute approximate surface area is 119 Å². The van der Waals surface area contributed by atoms with Gasteiger partial charge in [-0.2, -0.15) is 0 Å². The standard InChI is InChI=1S/C10H5BrClNO4S/c11-5-1-4(8(14)6(3-5)17-12)2-7-9(15)13-10(16)18-7/h1-3,14H,(H,13,15,16). The Kier molecular flexibility index (Phi) is 3.84. The fraction of sp³-hybridized carbons (Fsp3) is 0. The number of halogens is 2. The molecule has 1 aliphatic heterocycles. The number of hydrogen-bond donors (Lipinski definition) is 2. The van der Waals surface area contributed by atoms with E-state index in [1.165, 1.54) is 12.1 Å². The van der Waals surface area contributed by atoms with Crippen LogP contribution in [0.1, 0.15) is 5.56 Å². The van der Waals surface area contributed by atoms with Crippen molar-refractivity contribution in [1.29, 1.82) is 0 Å². The van der Waals surface area contributed by atoms with E-state index in [1.807, 2.05) is 0 Å². The van der Waals surface area contributed by atoms with E-state index >= 15 is 0 Å². The van der Waals surface area contributed by atoms with Crippen molar-refractivity contribution in [1.82, 2.24) is 5.32 Å². The van der Waals surface area contributed by atoms with Gasteiger partial charge in [-0.1, -0.05) is 15.9 Å². The lowest BCUT2D eigenvalue weighted by molar-refractivity contribution is -0.115. The van der Waals surface area contributed by atoms with Gasteiger partial charge >= 0.3 is 0 Å². The van der Waals surface area contributed by atoms with Crippen LogP contribution in [0.5, 0.6) is 11.5 Å². The fourth-order valence-electron chi connectivity index (χ4n) is 1.33. The number of imide groups is 1. The minimum atomic E-state index is -0.502. The first-order valence-corrected chi connectivity index (χ1v) is 6.49. The van der Waals surface area contributed by atoms with Gasteiger partial charge < -0.3 is 9.40 Å². The Morgan fingerprint density at radius 2 is 2.17 bits per heavy atom. The second kappa shape index (κ2) is 5.21. The lowest BCUT2D eigenvalue weighted by Crippen LogP contribution is -2.17. The van der Waals surface area contributed by atoms with Gasteiger partial charge in [-0.3, -0.25) is 14.9 Å². The van der Waals surface area contributed by atoms with Crippen LogP contribution in [0.2, 0.25) is 0 Å². The molecule has 1 heterocycles. The highest BCUT2D eigenvalue weighted by Crippen LogP contribution is 2.37. The summed E-state index contributed by atoms with van der Waals surface area (Å²) >= 11 is 9.17. The summed E-state index contributed by atoms with van der Waals surface area (Å²) in [6, 6.07) is 3.04. The molecule has 0 aromatic heterocycles. The number of carbonyl (C=O) groups excluding carboxylic acids is 2. The molecule has 0 aliphatic carbocycles. The molecule has 18 heavy (non-hydrogen) atoms. The minimum absolute atomic E-state index is 0.0487. The molecule has 0 bridgehead atoms. The van der Waals surface area contributed by atoms with Gasteiger partial charge in [0, 0.05) is 16.1 Å². The highest BCUT2D eigenvalue weighted by atomic mass is 79.9. The van der Waals surface area contributed by atoms with Crippen LogP contribution in [0.15, 0.2) is 21.5 Å². The second-order valence-electron chi connectivity index (χ2n) is 3.27. The van der Waals surface area contributed by atoms with E-state index in [2.05, 4.69) is 25.5 Å². The van der Waals surface area contributed by atoms with Crippen molar-refractivity contribution in [3.8, 4) is 11.5 Å². The average Bonchev–Trinajstić information content (AvgIpc) is 2.62. The molecular weight excluding hydrogens is 346 g/mol. The number of phenolic OH excluding ortho intramolecular Hbond substituents is 1. The Morgan fingerprint density at radius 3 is 2.72 bits per heavy atom. The van der Waals surface area contributed by atoms with E-state index in [0.29, 0.717) is 10.0 Å². The SMILES string of the molecule is O=C1NC(=O)C(=Cc2cc(Br)cc(OCl)c2O)S1. The molecule has 0 unspecified atom stereocenters. The summed E-state index contributed by atoms with van der Waals surface area (Å²) in [5.41, 5.74) is 0.312. The molecule has 2 amide bonds. The molecule has 2 N–H and O–H groups in total. The zero-order valence-electron chi connectivity index (χ0n) is 8.57. The highest BCUT2D eigenvalue weighted by Gasteiger charge is 2.25. The lowest BCUT2D eigenvalue weighted by atomic mass is 10.1. The monoisotopic (exact) mass is 349 g/mol. The van der Waals surface area contributed by atoms with Gasteiger partial charge in [-0.05, 0) is 23.9 Å². The number of hydrogen-bond acceptors (Lipinski definition) is 5. The third-order valence-electron chi connectivity index (χ3n) is 2.08. The van der Waals surface area contributed by atoms with Crippen molar-refractivity contribution in [2.45, 2.75) is 0 Å². The van der Waals surface area contributed by atoms with Gasteiger partial charge in [0.1, 0.15) is 11.9 Å². The van der Waals surface area contributed by atoms with Gasteiger partial charge in [-0.15, -0.1) is 0 Å². The third-order valence-corrected chi connectivity index (χ3v) is 3.52. The maximum atomic E-state index is 11.4. The van der Waals surface area contributed by atoms with E-state index in [-0.39, 0.29) is 16.4 Å². The van der Waals surface area contributed by atoms with Gasteiger partial charge in [0.05, 0.1) is 4.91 Å². The summed E-state index contributed by atoms with van der Waals surface area (Å²) in [7, 11) is 0. The number of benzene rings is 1. The van der Waals surface area contributed by atoms with Crippen molar-refractivity contribution in [2.75, 3.05) is 0 Å². The Bertz CT molecular complexity index is 575. The predicted molar refractivity (Wildman–Crippen MR) is 71.4 cm³/mol. The lowest BCUT2D eigenvalue weighted by Gasteiger charge is -2.05. The first-order valence-electron chi connectivity index (χ1n) is 4.57. The quantitative estimate of drug-likeness (QED) is 0.802. The van der Waals surface area contributed by atoms with Gasteiger partial charge in [-0.25, -0.2) is 0 Å². The molecule has 2 rings (SSSR count). The van der Waals surface area contributed by atoms with Gasteiger partial charge in [0.2, 0.25) is 0 Å². The molecule has 94 valence electrons. The van der Waals surface area contributed by atoms with Crippen LogP contribution in [0.3, 0.4) is 0 Å². The van der Waals surface area contributed by atoms with E-state index < -0.39 is 11.1 Å². The summed E-state index contributed by atoms with van der Waals surface area (Å²) in [6.07, 6.45) is 1.38. The second-order valence-corrected chi connectivity index (χ2v) is 5.36. The van der Waals surface area contributed by atoms with Crippen LogP contribution in [0, 0.1) is 0 Å². The van der Waals surface area contributed by atoms with E-state index in [9.17, 15) is 14.7 Å². The molecular formula is C10H5BrClNO4S. The van der Waals surface area contributed by atoms with Crippen molar-refractivity contribution in [2.24, 2.45) is 0 Å². The zero-order chi connectivity index (χ0) is 13.3. The van der Waals surface area contributed by atoms with Crippen LogP contribution in [0.4, 0.5) is 4.79 Å². The molecule has 1 aromatic rings.